The molecule has 0 aliphatic carbocycles. The fourth-order valence-corrected chi connectivity index (χ4v) is 2.36. The maximum absolute atomic E-state index is 12.0. The van der Waals surface area contributed by atoms with Gasteiger partial charge in [-0.3, -0.25) is 20.4 Å². The maximum Gasteiger partial charge on any atom is 0.270 e. The molecule has 0 saturated carbocycles. The summed E-state index contributed by atoms with van der Waals surface area (Å²) >= 11 is 9.07. The van der Waals surface area contributed by atoms with Gasteiger partial charge in [0.1, 0.15) is 5.75 Å². The Hall–Kier alpha value is -2.05. The van der Waals surface area contributed by atoms with Crippen molar-refractivity contribution in [2.75, 3.05) is 0 Å². The van der Waals surface area contributed by atoms with Crippen molar-refractivity contribution in [2.24, 2.45) is 0 Å². The van der Waals surface area contributed by atoms with Crippen LogP contribution in [0.2, 0.25) is 5.02 Å². The van der Waals surface area contributed by atoms with Crippen LogP contribution in [-0.2, 0) is 11.2 Å². The van der Waals surface area contributed by atoms with Crippen molar-refractivity contribution < 1.29 is 14.7 Å². The molecule has 0 saturated heterocycles. The molecule has 0 aliphatic heterocycles. The summed E-state index contributed by atoms with van der Waals surface area (Å²) in [6, 6.07) is 11.1. The van der Waals surface area contributed by atoms with E-state index in [0.717, 1.165) is 0 Å². The third kappa shape index (κ3) is 4.47. The molecule has 0 bridgehead atoms. The molecule has 2 aromatic rings. The molecule has 0 atom stereocenters. The monoisotopic (exact) mass is 382 g/mol. The average Bonchev–Trinajstić information content (AvgIpc) is 2.47. The molecule has 3 N–H and O–H groups in total. The highest BCUT2D eigenvalue weighted by Gasteiger charge is 2.12. The fraction of sp³-hybridized carbons (Fsp3) is 0.0667. The van der Waals surface area contributed by atoms with E-state index in [4.69, 9.17) is 11.6 Å². The zero-order chi connectivity index (χ0) is 16.1. The Morgan fingerprint density at radius 3 is 2.64 bits per heavy atom. The Labute approximate surface area is 140 Å². The Bertz CT molecular complexity index is 722. The molecule has 2 amide bonds. The summed E-state index contributed by atoms with van der Waals surface area (Å²) in [6.07, 6.45) is 0.0331. The summed E-state index contributed by atoms with van der Waals surface area (Å²) in [6.45, 7) is 0. The zero-order valence-corrected chi connectivity index (χ0v) is 13.6. The number of carbonyl (C=O) groups is 2. The predicted molar refractivity (Wildman–Crippen MR) is 86.6 cm³/mol. The molecule has 114 valence electrons. The maximum atomic E-state index is 12.0. The number of phenolic OH excluding ortho intramolecular Hbond substituents is 1. The van der Waals surface area contributed by atoms with E-state index in [1.165, 1.54) is 18.2 Å². The topological polar surface area (TPSA) is 78.4 Å². The van der Waals surface area contributed by atoms with Gasteiger partial charge in [0.25, 0.3) is 5.91 Å². The molecular weight excluding hydrogens is 372 g/mol. The number of hydrazine groups is 1. The van der Waals surface area contributed by atoms with Crippen LogP contribution in [-0.4, -0.2) is 16.9 Å². The molecule has 0 heterocycles. The lowest BCUT2D eigenvalue weighted by Gasteiger charge is -2.09. The normalized spacial score (nSPS) is 10.1. The predicted octanol–water partition coefficient (Wildman–Crippen LogP) is 2.81. The minimum Gasteiger partial charge on any atom is -0.508 e. The number of amides is 2. The van der Waals surface area contributed by atoms with Crippen molar-refractivity contribution in [1.29, 1.82) is 0 Å². The van der Waals surface area contributed by atoms with E-state index in [0.29, 0.717) is 20.6 Å². The van der Waals surface area contributed by atoms with E-state index < -0.39 is 11.8 Å². The van der Waals surface area contributed by atoms with Gasteiger partial charge in [-0.1, -0.05) is 23.7 Å². The van der Waals surface area contributed by atoms with E-state index in [1.54, 1.807) is 24.3 Å². The number of aromatic hydroxyl groups is 1. The Morgan fingerprint density at radius 2 is 1.91 bits per heavy atom. The van der Waals surface area contributed by atoms with Gasteiger partial charge in [0.05, 0.1) is 12.0 Å². The van der Waals surface area contributed by atoms with Gasteiger partial charge in [-0.15, -0.1) is 0 Å². The van der Waals surface area contributed by atoms with Crippen molar-refractivity contribution in [3.8, 4) is 5.75 Å². The van der Waals surface area contributed by atoms with Gasteiger partial charge in [-0.25, -0.2) is 0 Å². The van der Waals surface area contributed by atoms with Crippen LogP contribution < -0.4 is 10.9 Å². The first-order valence-electron chi connectivity index (χ1n) is 6.28. The van der Waals surface area contributed by atoms with Gasteiger partial charge in [0.15, 0.2) is 0 Å². The van der Waals surface area contributed by atoms with Crippen LogP contribution in [0.3, 0.4) is 0 Å². The molecule has 0 spiro atoms. The van der Waals surface area contributed by atoms with E-state index in [-0.39, 0.29) is 12.2 Å². The highest BCUT2D eigenvalue weighted by atomic mass is 79.9. The molecule has 2 aromatic carbocycles. The first kappa shape index (κ1) is 16.3. The van der Waals surface area contributed by atoms with E-state index >= 15 is 0 Å². The van der Waals surface area contributed by atoms with Crippen LogP contribution in [0.5, 0.6) is 5.75 Å². The average molecular weight is 384 g/mol. The second-order valence-electron chi connectivity index (χ2n) is 4.47. The molecule has 0 fully saturated rings. The lowest BCUT2D eigenvalue weighted by Crippen LogP contribution is -2.42. The minimum absolute atomic E-state index is 0.0331. The van der Waals surface area contributed by atoms with E-state index in [2.05, 4.69) is 26.8 Å². The molecule has 7 heteroatoms. The van der Waals surface area contributed by atoms with Crippen molar-refractivity contribution in [2.45, 2.75) is 6.42 Å². The number of rotatable bonds is 3. The third-order valence-corrected chi connectivity index (χ3v) is 3.69. The molecule has 0 aromatic heterocycles. The smallest absolute Gasteiger partial charge is 0.270 e. The molecule has 22 heavy (non-hydrogen) atoms. The Balaban J connectivity index is 1.93. The van der Waals surface area contributed by atoms with Gasteiger partial charge in [-0.05, 0) is 51.8 Å². The molecule has 2 rings (SSSR count). The standard InChI is InChI=1S/C15H12BrClN2O3/c16-13-5-4-10(17)8-12(13)15(22)19-18-14(21)7-9-2-1-3-11(20)6-9/h1-6,8,20H,7H2,(H,18,21)(H,19,22). The lowest BCUT2D eigenvalue weighted by molar-refractivity contribution is -0.121. The SMILES string of the molecule is O=C(Cc1cccc(O)c1)NNC(=O)c1cc(Cl)ccc1Br. The van der Waals surface area contributed by atoms with Gasteiger partial charge >= 0.3 is 0 Å². The van der Waals surface area contributed by atoms with Crippen molar-refractivity contribution in [3.05, 3.63) is 63.1 Å². The molecule has 0 aliphatic rings. The van der Waals surface area contributed by atoms with Gasteiger partial charge < -0.3 is 5.11 Å². The van der Waals surface area contributed by atoms with Gasteiger partial charge in [0.2, 0.25) is 5.91 Å². The first-order chi connectivity index (χ1) is 10.5. The van der Waals surface area contributed by atoms with E-state index in [1.807, 2.05) is 0 Å². The number of hydrogen-bond acceptors (Lipinski definition) is 3. The summed E-state index contributed by atoms with van der Waals surface area (Å²) in [5.74, 6) is -0.812. The number of nitrogens with one attached hydrogen (secondary N) is 2. The highest BCUT2D eigenvalue weighted by Crippen LogP contribution is 2.20. The van der Waals surface area contributed by atoms with Gasteiger partial charge in [0, 0.05) is 9.50 Å². The van der Waals surface area contributed by atoms with Gasteiger partial charge in [-0.2, -0.15) is 0 Å². The second-order valence-corrected chi connectivity index (χ2v) is 5.76. The molecule has 0 unspecified atom stereocenters. The number of carbonyl (C=O) groups excluding carboxylic acids is 2. The van der Waals surface area contributed by atoms with E-state index in [9.17, 15) is 14.7 Å². The van der Waals surface area contributed by atoms with Crippen molar-refractivity contribution in [3.63, 3.8) is 0 Å². The second kappa shape index (κ2) is 7.29. The van der Waals surface area contributed by atoms with Crippen LogP contribution in [0, 0.1) is 0 Å². The summed E-state index contributed by atoms with van der Waals surface area (Å²) < 4.78 is 0.566. The Morgan fingerprint density at radius 1 is 1.14 bits per heavy atom. The molecule has 5 nitrogen and oxygen atoms in total. The summed E-state index contributed by atoms with van der Waals surface area (Å²) in [5.41, 5.74) is 5.57. The summed E-state index contributed by atoms with van der Waals surface area (Å²) in [5, 5.41) is 9.75. The lowest BCUT2D eigenvalue weighted by atomic mass is 10.1. The van der Waals surface area contributed by atoms with Crippen LogP contribution in [0.4, 0.5) is 0 Å². The highest BCUT2D eigenvalue weighted by molar-refractivity contribution is 9.10. The molecule has 0 radical (unpaired) electrons. The largest absolute Gasteiger partial charge is 0.508 e. The van der Waals surface area contributed by atoms with Crippen LogP contribution in [0.1, 0.15) is 15.9 Å². The van der Waals surface area contributed by atoms with Crippen LogP contribution in [0.15, 0.2) is 46.9 Å². The number of phenols is 1. The van der Waals surface area contributed by atoms with Crippen molar-refractivity contribution in [1.82, 2.24) is 10.9 Å². The van der Waals surface area contributed by atoms with Crippen molar-refractivity contribution >= 4 is 39.3 Å². The van der Waals surface area contributed by atoms with Crippen LogP contribution >= 0.6 is 27.5 Å². The first-order valence-corrected chi connectivity index (χ1v) is 7.45. The van der Waals surface area contributed by atoms with Crippen LogP contribution in [0.25, 0.3) is 0 Å². The third-order valence-electron chi connectivity index (χ3n) is 2.76. The summed E-state index contributed by atoms with van der Waals surface area (Å²) in [7, 11) is 0. The quantitative estimate of drug-likeness (QED) is 0.713. The number of halogens is 2. The number of hydrogen-bond donors (Lipinski definition) is 3. The summed E-state index contributed by atoms with van der Waals surface area (Å²) in [4.78, 5) is 23.7. The number of benzene rings is 2. The fourth-order valence-electron chi connectivity index (χ4n) is 1.76. The molecular formula is C15H12BrClN2O3. The zero-order valence-electron chi connectivity index (χ0n) is 11.3. The Kier molecular flexibility index (Phi) is 5.41. The minimum atomic E-state index is -0.487.